The highest BCUT2D eigenvalue weighted by Gasteiger charge is 2.29. The van der Waals surface area contributed by atoms with Crippen molar-refractivity contribution in [3.8, 4) is 0 Å². The summed E-state index contributed by atoms with van der Waals surface area (Å²) in [6.45, 7) is 3.75. The molecule has 0 saturated heterocycles. The van der Waals surface area contributed by atoms with Gasteiger partial charge >= 0.3 is 0 Å². The van der Waals surface area contributed by atoms with Gasteiger partial charge in [-0.1, -0.05) is 6.92 Å². The second-order valence-electron chi connectivity index (χ2n) is 3.61. The second-order valence-corrected chi connectivity index (χ2v) is 3.61. The van der Waals surface area contributed by atoms with Gasteiger partial charge in [0.05, 0.1) is 12.4 Å². The highest BCUT2D eigenvalue weighted by Crippen LogP contribution is 2.27. The summed E-state index contributed by atoms with van der Waals surface area (Å²) >= 11 is 0. The van der Waals surface area contributed by atoms with E-state index in [0.717, 1.165) is 31.8 Å². The molecule has 3 heteroatoms. The smallest absolute Gasteiger partial charge is 0.0960 e. The Balaban J connectivity index is 2.32. The molecule has 0 heterocycles. The molecule has 76 valence electrons. The van der Waals surface area contributed by atoms with Crippen LogP contribution in [0.3, 0.4) is 0 Å². The number of hydrogen-bond donors (Lipinski definition) is 1. The van der Waals surface area contributed by atoms with Gasteiger partial charge in [0, 0.05) is 26.1 Å². The molecule has 1 saturated carbocycles. The highest BCUT2D eigenvalue weighted by molar-refractivity contribution is 5.79. The molecule has 1 N–H and O–H groups in total. The van der Waals surface area contributed by atoms with Gasteiger partial charge in [0.2, 0.25) is 0 Å². The molecule has 0 amide bonds. The van der Waals surface area contributed by atoms with Gasteiger partial charge < -0.3 is 9.64 Å². The quantitative estimate of drug-likeness (QED) is 0.505. The SMILES string of the molecule is CCCC(=N)N(CCOC)C1CC1. The number of hydrogen-bond acceptors (Lipinski definition) is 2. The third kappa shape index (κ3) is 3.35. The van der Waals surface area contributed by atoms with E-state index in [4.69, 9.17) is 10.1 Å². The van der Waals surface area contributed by atoms with E-state index in [1.165, 1.54) is 12.8 Å². The van der Waals surface area contributed by atoms with Crippen molar-refractivity contribution in [3.63, 3.8) is 0 Å². The molecule has 0 aromatic carbocycles. The van der Waals surface area contributed by atoms with E-state index in [9.17, 15) is 0 Å². The van der Waals surface area contributed by atoms with Crippen molar-refractivity contribution >= 4 is 5.84 Å². The summed E-state index contributed by atoms with van der Waals surface area (Å²) in [6, 6.07) is 0.647. The molecule has 0 aliphatic heterocycles. The molecule has 0 atom stereocenters. The summed E-state index contributed by atoms with van der Waals surface area (Å²) in [4.78, 5) is 2.20. The first-order valence-electron chi connectivity index (χ1n) is 5.12. The average molecular weight is 184 g/mol. The van der Waals surface area contributed by atoms with Gasteiger partial charge in [0.15, 0.2) is 0 Å². The second kappa shape index (κ2) is 5.22. The largest absolute Gasteiger partial charge is 0.383 e. The predicted octanol–water partition coefficient (Wildman–Crippen LogP) is 1.87. The fourth-order valence-electron chi connectivity index (χ4n) is 1.49. The zero-order valence-corrected chi connectivity index (χ0v) is 8.68. The van der Waals surface area contributed by atoms with Crippen LogP contribution in [0.2, 0.25) is 0 Å². The van der Waals surface area contributed by atoms with E-state index < -0.39 is 0 Å². The van der Waals surface area contributed by atoms with Crippen LogP contribution < -0.4 is 0 Å². The maximum absolute atomic E-state index is 7.87. The fraction of sp³-hybridized carbons (Fsp3) is 0.900. The van der Waals surface area contributed by atoms with Gasteiger partial charge in [-0.05, 0) is 19.3 Å². The van der Waals surface area contributed by atoms with Crippen molar-refractivity contribution in [2.75, 3.05) is 20.3 Å². The van der Waals surface area contributed by atoms with E-state index in [0.29, 0.717) is 6.04 Å². The van der Waals surface area contributed by atoms with Crippen molar-refractivity contribution in [2.45, 2.75) is 38.6 Å². The van der Waals surface area contributed by atoms with E-state index in [-0.39, 0.29) is 0 Å². The average Bonchev–Trinajstić information content (AvgIpc) is 2.89. The molecule has 3 nitrogen and oxygen atoms in total. The molecular formula is C10H20N2O. The van der Waals surface area contributed by atoms with Crippen molar-refractivity contribution in [1.82, 2.24) is 4.90 Å². The van der Waals surface area contributed by atoms with Crippen LogP contribution in [-0.4, -0.2) is 37.0 Å². The maximum atomic E-state index is 7.87. The zero-order valence-electron chi connectivity index (χ0n) is 8.68. The lowest BCUT2D eigenvalue weighted by Gasteiger charge is -2.24. The topological polar surface area (TPSA) is 36.3 Å². The Morgan fingerprint density at radius 2 is 2.23 bits per heavy atom. The standard InChI is InChI=1S/C10H20N2O/c1-3-4-10(11)12(7-8-13-2)9-5-6-9/h9,11H,3-8H2,1-2H3. The molecule has 1 rings (SSSR count). The maximum Gasteiger partial charge on any atom is 0.0960 e. The molecule has 1 aliphatic rings. The normalized spacial score (nSPS) is 15.8. The Bertz CT molecular complexity index is 166. The first-order chi connectivity index (χ1) is 6.29. The molecular weight excluding hydrogens is 164 g/mol. The predicted molar refractivity (Wildman–Crippen MR) is 54.2 cm³/mol. The Morgan fingerprint density at radius 1 is 1.54 bits per heavy atom. The van der Waals surface area contributed by atoms with Crippen molar-refractivity contribution < 1.29 is 4.74 Å². The third-order valence-corrected chi connectivity index (χ3v) is 2.36. The van der Waals surface area contributed by atoms with E-state index in [2.05, 4.69) is 11.8 Å². The van der Waals surface area contributed by atoms with Gasteiger partial charge in [-0.25, -0.2) is 0 Å². The molecule has 0 aromatic rings. The Morgan fingerprint density at radius 3 is 2.69 bits per heavy atom. The third-order valence-electron chi connectivity index (χ3n) is 2.36. The molecule has 0 radical (unpaired) electrons. The Labute approximate surface area is 80.6 Å². The number of nitrogens with zero attached hydrogens (tertiary/aromatic N) is 1. The van der Waals surface area contributed by atoms with Gasteiger partial charge in [0.1, 0.15) is 0 Å². The monoisotopic (exact) mass is 184 g/mol. The van der Waals surface area contributed by atoms with Crippen molar-refractivity contribution in [2.24, 2.45) is 0 Å². The van der Waals surface area contributed by atoms with Crippen LogP contribution in [-0.2, 0) is 4.74 Å². The summed E-state index contributed by atoms with van der Waals surface area (Å²) < 4.78 is 5.04. The van der Waals surface area contributed by atoms with Gasteiger partial charge in [0.25, 0.3) is 0 Å². The molecule has 0 spiro atoms. The number of methoxy groups -OCH3 is 1. The van der Waals surface area contributed by atoms with E-state index in [1.54, 1.807) is 7.11 Å². The van der Waals surface area contributed by atoms with E-state index in [1.807, 2.05) is 0 Å². The summed E-state index contributed by atoms with van der Waals surface area (Å²) in [5.41, 5.74) is 0. The van der Waals surface area contributed by atoms with Crippen LogP contribution in [0.1, 0.15) is 32.6 Å². The molecule has 0 aromatic heterocycles. The van der Waals surface area contributed by atoms with Crippen LogP contribution in [0.5, 0.6) is 0 Å². The zero-order chi connectivity index (χ0) is 9.68. The first-order valence-corrected chi connectivity index (χ1v) is 5.12. The Hall–Kier alpha value is -0.570. The molecule has 13 heavy (non-hydrogen) atoms. The fourth-order valence-corrected chi connectivity index (χ4v) is 1.49. The minimum absolute atomic E-state index is 0.647. The molecule has 0 unspecified atom stereocenters. The Kier molecular flexibility index (Phi) is 4.22. The summed E-state index contributed by atoms with van der Waals surface area (Å²) in [5.74, 6) is 0.794. The summed E-state index contributed by atoms with van der Waals surface area (Å²) in [6.07, 6.45) is 4.49. The van der Waals surface area contributed by atoms with Crippen molar-refractivity contribution in [3.05, 3.63) is 0 Å². The van der Waals surface area contributed by atoms with Crippen LogP contribution in [0.4, 0.5) is 0 Å². The summed E-state index contributed by atoms with van der Waals surface area (Å²) in [7, 11) is 1.72. The van der Waals surface area contributed by atoms with Gasteiger partial charge in [-0.2, -0.15) is 0 Å². The molecule has 0 bridgehead atoms. The highest BCUT2D eigenvalue weighted by atomic mass is 16.5. The van der Waals surface area contributed by atoms with Crippen LogP contribution >= 0.6 is 0 Å². The van der Waals surface area contributed by atoms with Crippen LogP contribution in [0.25, 0.3) is 0 Å². The van der Waals surface area contributed by atoms with Crippen LogP contribution in [0, 0.1) is 5.41 Å². The number of ether oxygens (including phenoxy) is 1. The van der Waals surface area contributed by atoms with E-state index >= 15 is 0 Å². The summed E-state index contributed by atoms with van der Waals surface area (Å²) in [5, 5.41) is 7.87. The minimum atomic E-state index is 0.647. The van der Waals surface area contributed by atoms with Crippen LogP contribution in [0.15, 0.2) is 0 Å². The number of amidine groups is 1. The molecule has 1 aliphatic carbocycles. The number of rotatable bonds is 6. The van der Waals surface area contributed by atoms with Crippen molar-refractivity contribution in [1.29, 1.82) is 5.41 Å². The lowest BCUT2D eigenvalue weighted by Crippen LogP contribution is -2.35. The number of nitrogens with one attached hydrogen (secondary N) is 1. The van der Waals surface area contributed by atoms with Gasteiger partial charge in [-0.15, -0.1) is 0 Å². The molecule has 1 fully saturated rings. The minimum Gasteiger partial charge on any atom is -0.383 e. The first kappa shape index (κ1) is 10.5. The lowest BCUT2D eigenvalue weighted by molar-refractivity contribution is 0.173. The lowest BCUT2D eigenvalue weighted by atomic mass is 10.3. The van der Waals surface area contributed by atoms with Gasteiger partial charge in [-0.3, -0.25) is 5.41 Å².